The van der Waals surface area contributed by atoms with Crippen molar-refractivity contribution in [2.45, 2.75) is 24.7 Å². The molecule has 3 heterocycles. The number of hydrogen-bond donors (Lipinski definition) is 1. The first-order valence-corrected chi connectivity index (χ1v) is 7.82. The third-order valence-corrected chi connectivity index (χ3v) is 4.28. The first-order valence-electron chi connectivity index (χ1n) is 7.82. The van der Waals surface area contributed by atoms with Crippen molar-refractivity contribution in [3.63, 3.8) is 0 Å². The third-order valence-electron chi connectivity index (χ3n) is 4.28. The molecule has 22 heavy (non-hydrogen) atoms. The first-order chi connectivity index (χ1) is 10.8. The summed E-state index contributed by atoms with van der Waals surface area (Å²) in [5, 5.41) is 4.50. The molecule has 5 heteroatoms. The molecule has 0 unspecified atom stereocenters. The lowest BCUT2D eigenvalue weighted by molar-refractivity contribution is -0.209. The van der Waals surface area contributed by atoms with Gasteiger partial charge in [-0.1, -0.05) is 18.2 Å². The molecule has 2 aliphatic heterocycles. The van der Waals surface area contributed by atoms with Gasteiger partial charge < -0.3 is 19.5 Å². The van der Waals surface area contributed by atoms with E-state index in [1.807, 2.05) is 24.3 Å². The van der Waals surface area contributed by atoms with Gasteiger partial charge >= 0.3 is 0 Å². The summed E-state index contributed by atoms with van der Waals surface area (Å²) in [6.07, 6.45) is 1.70. The zero-order valence-corrected chi connectivity index (χ0v) is 12.5. The van der Waals surface area contributed by atoms with Gasteiger partial charge in [0, 0.05) is 24.8 Å². The van der Waals surface area contributed by atoms with Crippen molar-refractivity contribution in [2.75, 3.05) is 31.7 Å². The molecular formula is C17H20N2O3. The van der Waals surface area contributed by atoms with E-state index >= 15 is 0 Å². The van der Waals surface area contributed by atoms with Crippen molar-refractivity contribution in [3.05, 3.63) is 36.4 Å². The van der Waals surface area contributed by atoms with Crippen LogP contribution < -0.4 is 5.32 Å². The molecule has 2 fully saturated rings. The van der Waals surface area contributed by atoms with Crippen LogP contribution in [-0.2, 0) is 14.2 Å². The molecule has 1 N–H and O–H groups in total. The molecule has 4 rings (SSSR count). The van der Waals surface area contributed by atoms with Gasteiger partial charge in [-0.05, 0) is 18.2 Å². The average molecular weight is 300 g/mol. The van der Waals surface area contributed by atoms with Crippen molar-refractivity contribution < 1.29 is 14.2 Å². The summed E-state index contributed by atoms with van der Waals surface area (Å²) in [5.41, 5.74) is 0.997. The van der Waals surface area contributed by atoms with E-state index in [0.717, 1.165) is 29.6 Å². The fraction of sp³-hybridized carbons (Fsp3) is 0.471. The molecule has 1 aromatic heterocycles. The lowest BCUT2D eigenvalue weighted by Gasteiger charge is -2.31. The summed E-state index contributed by atoms with van der Waals surface area (Å²) >= 11 is 0. The lowest BCUT2D eigenvalue weighted by Crippen LogP contribution is -2.38. The Balaban J connectivity index is 1.38. The van der Waals surface area contributed by atoms with Crippen molar-refractivity contribution in [3.8, 4) is 0 Å². The minimum atomic E-state index is -0.415. The number of ether oxygens (including phenoxy) is 3. The smallest absolute Gasteiger partial charge is 0.173 e. The number of nitrogens with zero attached hydrogens (tertiary/aromatic N) is 1. The summed E-state index contributed by atoms with van der Waals surface area (Å²) in [6.45, 7) is 2.76. The molecule has 2 aliphatic rings. The van der Waals surface area contributed by atoms with E-state index in [0.29, 0.717) is 26.4 Å². The monoisotopic (exact) mass is 300 g/mol. The Bertz CT molecular complexity index is 655. The molecule has 0 radical (unpaired) electrons. The van der Waals surface area contributed by atoms with Gasteiger partial charge in [0.15, 0.2) is 5.79 Å². The third kappa shape index (κ3) is 2.79. The highest BCUT2D eigenvalue weighted by Crippen LogP contribution is 2.33. The summed E-state index contributed by atoms with van der Waals surface area (Å²) in [6, 6.07) is 12.2. The van der Waals surface area contributed by atoms with Gasteiger partial charge in [-0.3, -0.25) is 0 Å². The van der Waals surface area contributed by atoms with Crippen molar-refractivity contribution >= 4 is 16.7 Å². The molecule has 0 amide bonds. The normalized spacial score (nSPS) is 23.9. The molecule has 2 saturated heterocycles. The van der Waals surface area contributed by atoms with Crippen LogP contribution in [0.5, 0.6) is 0 Å². The van der Waals surface area contributed by atoms with Crippen LogP contribution in [0.25, 0.3) is 10.9 Å². The van der Waals surface area contributed by atoms with Gasteiger partial charge in [-0.25, -0.2) is 4.98 Å². The Hall–Kier alpha value is -1.69. The van der Waals surface area contributed by atoms with Crippen LogP contribution >= 0.6 is 0 Å². The Morgan fingerprint density at radius 2 is 2.00 bits per heavy atom. The van der Waals surface area contributed by atoms with E-state index in [-0.39, 0.29) is 6.10 Å². The maximum absolute atomic E-state index is 6.11. The zero-order chi connectivity index (χ0) is 14.8. The van der Waals surface area contributed by atoms with E-state index in [1.54, 1.807) is 0 Å². The number of benzene rings is 1. The fourth-order valence-corrected chi connectivity index (χ4v) is 3.04. The van der Waals surface area contributed by atoms with Crippen LogP contribution in [0.3, 0.4) is 0 Å². The Morgan fingerprint density at radius 3 is 2.91 bits per heavy atom. The number of hydrogen-bond acceptors (Lipinski definition) is 5. The highest BCUT2D eigenvalue weighted by atomic mass is 16.7. The Labute approximate surface area is 129 Å². The standard InChI is InChI=1S/C17H20N2O3/c1-2-4-15-13(3-1)5-6-16(19-15)18-11-14-12-21-17(22-14)7-9-20-10-8-17/h1-6,14H,7-12H2,(H,18,19)/t14-/m0/s1. The molecule has 0 bridgehead atoms. The van der Waals surface area contributed by atoms with Gasteiger partial charge in [0.05, 0.1) is 25.3 Å². The lowest BCUT2D eigenvalue weighted by atomic mass is 10.1. The molecule has 1 spiro atoms. The second-order valence-electron chi connectivity index (χ2n) is 5.84. The van der Waals surface area contributed by atoms with Crippen LogP contribution in [0, 0.1) is 0 Å². The number of nitrogens with one attached hydrogen (secondary N) is 1. The molecule has 116 valence electrons. The highest BCUT2D eigenvalue weighted by Gasteiger charge is 2.42. The second kappa shape index (κ2) is 5.83. The number of rotatable bonds is 3. The minimum Gasteiger partial charge on any atom is -0.381 e. The maximum Gasteiger partial charge on any atom is 0.173 e. The molecule has 5 nitrogen and oxygen atoms in total. The molecular weight excluding hydrogens is 280 g/mol. The van der Waals surface area contributed by atoms with E-state index in [4.69, 9.17) is 14.2 Å². The van der Waals surface area contributed by atoms with Gasteiger partial charge in [0.1, 0.15) is 11.9 Å². The zero-order valence-electron chi connectivity index (χ0n) is 12.5. The van der Waals surface area contributed by atoms with Gasteiger partial charge in [-0.2, -0.15) is 0 Å². The Kier molecular flexibility index (Phi) is 3.70. The number of pyridine rings is 1. The highest BCUT2D eigenvalue weighted by molar-refractivity contribution is 5.80. The second-order valence-corrected chi connectivity index (χ2v) is 5.84. The number of para-hydroxylation sites is 1. The first kappa shape index (κ1) is 13.9. The predicted molar refractivity (Wildman–Crippen MR) is 83.8 cm³/mol. The molecule has 1 atom stereocenters. The SMILES string of the molecule is c1ccc2nc(NC[C@H]3COC4(CCOCC4)O3)ccc2c1. The predicted octanol–water partition coefficient (Wildman–Crippen LogP) is 2.57. The van der Waals surface area contributed by atoms with E-state index < -0.39 is 5.79 Å². The molecule has 2 aromatic rings. The summed E-state index contributed by atoms with van der Waals surface area (Å²) in [5.74, 6) is 0.455. The maximum atomic E-state index is 6.11. The van der Waals surface area contributed by atoms with Gasteiger partial charge in [-0.15, -0.1) is 0 Å². The summed E-state index contributed by atoms with van der Waals surface area (Å²) in [7, 11) is 0. The molecule has 0 saturated carbocycles. The number of fused-ring (bicyclic) bond motifs is 1. The van der Waals surface area contributed by atoms with Crippen LogP contribution in [0.1, 0.15) is 12.8 Å². The fourth-order valence-electron chi connectivity index (χ4n) is 3.04. The number of aromatic nitrogens is 1. The topological polar surface area (TPSA) is 52.6 Å². The van der Waals surface area contributed by atoms with E-state index in [2.05, 4.69) is 22.4 Å². The largest absolute Gasteiger partial charge is 0.381 e. The number of anilines is 1. The van der Waals surface area contributed by atoms with Crippen molar-refractivity contribution in [1.29, 1.82) is 0 Å². The Morgan fingerprint density at radius 1 is 1.14 bits per heavy atom. The van der Waals surface area contributed by atoms with Gasteiger partial charge in [0.2, 0.25) is 0 Å². The quantitative estimate of drug-likeness (QED) is 0.944. The van der Waals surface area contributed by atoms with E-state index in [1.165, 1.54) is 0 Å². The average Bonchev–Trinajstić information content (AvgIpc) is 2.96. The summed E-state index contributed by atoms with van der Waals surface area (Å²) in [4.78, 5) is 4.61. The van der Waals surface area contributed by atoms with Crippen LogP contribution in [0.4, 0.5) is 5.82 Å². The molecule has 1 aromatic carbocycles. The van der Waals surface area contributed by atoms with Gasteiger partial charge in [0.25, 0.3) is 0 Å². The minimum absolute atomic E-state index is 0.0615. The van der Waals surface area contributed by atoms with Crippen molar-refractivity contribution in [1.82, 2.24) is 4.98 Å². The van der Waals surface area contributed by atoms with Crippen LogP contribution in [0.15, 0.2) is 36.4 Å². The molecule has 0 aliphatic carbocycles. The van der Waals surface area contributed by atoms with Crippen molar-refractivity contribution in [2.24, 2.45) is 0 Å². The summed E-state index contributed by atoms with van der Waals surface area (Å²) < 4.78 is 17.4. The van der Waals surface area contributed by atoms with E-state index in [9.17, 15) is 0 Å². The van der Waals surface area contributed by atoms with Crippen LogP contribution in [0.2, 0.25) is 0 Å². The van der Waals surface area contributed by atoms with Crippen LogP contribution in [-0.4, -0.2) is 43.2 Å².